The molecule has 1 aliphatic carbocycles. The van der Waals surface area contributed by atoms with Crippen LogP contribution in [0.15, 0.2) is 176 Å². The molecule has 0 spiro atoms. The molecule has 1 heterocycles. The number of rotatable bonds is 5. The third-order valence-corrected chi connectivity index (χ3v) is 10.8. The molecule has 0 aliphatic heterocycles. The van der Waals surface area contributed by atoms with Crippen molar-refractivity contribution in [1.29, 1.82) is 0 Å². The molecule has 3 nitrogen and oxygen atoms in total. The van der Waals surface area contributed by atoms with Gasteiger partial charge in [0.25, 0.3) is 0 Å². The number of benzene rings is 8. The van der Waals surface area contributed by atoms with Crippen molar-refractivity contribution in [3.8, 4) is 33.6 Å². The van der Waals surface area contributed by atoms with Gasteiger partial charge in [0, 0.05) is 39.0 Å². The average molecular weight is 666 g/mol. The summed E-state index contributed by atoms with van der Waals surface area (Å²) in [5, 5.41) is 4.58. The second-order valence-corrected chi connectivity index (χ2v) is 14.2. The van der Waals surface area contributed by atoms with Crippen molar-refractivity contribution in [2.24, 2.45) is 0 Å². The average Bonchev–Trinajstić information content (AvgIpc) is 3.43. The first-order valence-electron chi connectivity index (χ1n) is 17.9. The van der Waals surface area contributed by atoms with Crippen LogP contribution >= 0.6 is 0 Å². The molecule has 0 atom stereocenters. The summed E-state index contributed by atoms with van der Waals surface area (Å²) in [5.41, 5.74) is 14.3. The Morgan fingerprint density at radius 1 is 0.442 bits per heavy atom. The Bertz CT molecular complexity index is 2810. The maximum Gasteiger partial charge on any atom is 0.0979 e. The number of fused-ring (bicyclic) bond motifs is 8. The lowest BCUT2D eigenvalue weighted by atomic mass is 9.82. The van der Waals surface area contributed by atoms with Gasteiger partial charge in [0.1, 0.15) is 0 Å². The fraction of sp³-hybridized carbons (Fsp3) is 0.0612. The van der Waals surface area contributed by atoms with Crippen LogP contribution in [0.4, 0.5) is 17.1 Å². The van der Waals surface area contributed by atoms with Crippen molar-refractivity contribution in [2.45, 2.75) is 19.3 Å². The molecule has 3 heteroatoms. The number of hydrogen-bond donors (Lipinski definition) is 0. The molecular weight excluding hydrogens is 631 g/mol. The third kappa shape index (κ3) is 4.74. The summed E-state index contributed by atoms with van der Waals surface area (Å²) in [5.74, 6) is 0. The number of hydrogen-bond acceptors (Lipinski definition) is 3. The summed E-state index contributed by atoms with van der Waals surface area (Å²) in [6.07, 6.45) is 0. The van der Waals surface area contributed by atoms with Crippen LogP contribution in [0.25, 0.3) is 66.2 Å². The molecule has 0 unspecified atom stereocenters. The Kier molecular flexibility index (Phi) is 6.84. The Morgan fingerprint density at radius 2 is 1.02 bits per heavy atom. The van der Waals surface area contributed by atoms with Gasteiger partial charge in [-0.05, 0) is 80.9 Å². The predicted molar refractivity (Wildman–Crippen MR) is 218 cm³/mol. The van der Waals surface area contributed by atoms with Gasteiger partial charge in [-0.1, -0.05) is 147 Å². The van der Waals surface area contributed by atoms with E-state index in [4.69, 9.17) is 9.97 Å². The van der Waals surface area contributed by atoms with Gasteiger partial charge < -0.3 is 4.90 Å². The summed E-state index contributed by atoms with van der Waals surface area (Å²) < 4.78 is 0. The molecule has 10 rings (SSSR count). The highest BCUT2D eigenvalue weighted by Crippen LogP contribution is 2.50. The molecule has 0 amide bonds. The summed E-state index contributed by atoms with van der Waals surface area (Å²) >= 11 is 0. The maximum atomic E-state index is 5.44. The molecule has 8 aromatic carbocycles. The van der Waals surface area contributed by atoms with Gasteiger partial charge in [0.15, 0.2) is 0 Å². The quantitative estimate of drug-likeness (QED) is 0.171. The van der Waals surface area contributed by atoms with Crippen LogP contribution in [0.3, 0.4) is 0 Å². The lowest BCUT2D eigenvalue weighted by Crippen LogP contribution is -2.16. The van der Waals surface area contributed by atoms with Gasteiger partial charge in [0.2, 0.25) is 0 Å². The lowest BCUT2D eigenvalue weighted by molar-refractivity contribution is 0.660. The zero-order valence-corrected chi connectivity index (χ0v) is 29.1. The van der Waals surface area contributed by atoms with E-state index in [0.29, 0.717) is 0 Å². The normalized spacial score (nSPS) is 13.0. The van der Waals surface area contributed by atoms with Crippen molar-refractivity contribution in [1.82, 2.24) is 9.97 Å². The van der Waals surface area contributed by atoms with E-state index in [1.54, 1.807) is 0 Å². The first kappa shape index (κ1) is 30.3. The number of aromatic nitrogens is 2. The summed E-state index contributed by atoms with van der Waals surface area (Å²) in [7, 11) is 0. The van der Waals surface area contributed by atoms with Crippen molar-refractivity contribution in [3.63, 3.8) is 0 Å². The van der Waals surface area contributed by atoms with E-state index >= 15 is 0 Å². The van der Waals surface area contributed by atoms with E-state index in [9.17, 15) is 0 Å². The smallest absolute Gasteiger partial charge is 0.0979 e. The zero-order chi connectivity index (χ0) is 34.8. The minimum Gasteiger partial charge on any atom is -0.310 e. The van der Waals surface area contributed by atoms with Crippen LogP contribution in [0.2, 0.25) is 0 Å². The van der Waals surface area contributed by atoms with Gasteiger partial charge in [-0.25, -0.2) is 9.97 Å². The molecule has 246 valence electrons. The third-order valence-electron chi connectivity index (χ3n) is 10.8. The number of para-hydroxylation sites is 1. The van der Waals surface area contributed by atoms with E-state index in [-0.39, 0.29) is 5.41 Å². The number of nitrogens with zero attached hydrogens (tertiary/aromatic N) is 3. The van der Waals surface area contributed by atoms with Crippen LogP contribution < -0.4 is 4.90 Å². The van der Waals surface area contributed by atoms with E-state index in [2.05, 4.69) is 183 Å². The lowest BCUT2D eigenvalue weighted by Gasteiger charge is -2.28. The van der Waals surface area contributed by atoms with Crippen LogP contribution in [-0.4, -0.2) is 9.97 Å². The van der Waals surface area contributed by atoms with E-state index < -0.39 is 0 Å². The largest absolute Gasteiger partial charge is 0.310 e. The maximum absolute atomic E-state index is 5.44. The van der Waals surface area contributed by atoms with E-state index in [0.717, 1.165) is 72.2 Å². The SMILES string of the molecule is CC1(C)c2ccccc2-c2ccc(N(c3ccccc3)c3ccc4c(ccc5ccc6nc(-c7ccccc7)c(-c7ccccc7)nc6c54)c3)cc21. The predicted octanol–water partition coefficient (Wildman–Crippen LogP) is 13.0. The van der Waals surface area contributed by atoms with Gasteiger partial charge in [-0.2, -0.15) is 0 Å². The molecule has 1 aromatic heterocycles. The van der Waals surface area contributed by atoms with Gasteiger partial charge in [-0.3, -0.25) is 0 Å². The zero-order valence-electron chi connectivity index (χ0n) is 29.1. The molecule has 0 bridgehead atoms. The summed E-state index contributed by atoms with van der Waals surface area (Å²) in [6, 6.07) is 62.9. The fourth-order valence-electron chi connectivity index (χ4n) is 8.24. The standard InChI is InChI=1S/C49H35N3/c1-49(2)42-21-13-12-20-40(42)41-28-26-38(31-43(41)49)52(36-18-10-5-11-19-36)37-25-27-39-35(30-37)23-22-32-24-29-44-48(45(32)39)51-47(34-16-8-4-9-17-34)46(50-44)33-14-6-3-7-15-33/h3-31H,1-2H3. The molecule has 9 aromatic rings. The highest BCUT2D eigenvalue weighted by atomic mass is 15.1. The highest BCUT2D eigenvalue weighted by Gasteiger charge is 2.35. The topological polar surface area (TPSA) is 29.0 Å². The second kappa shape index (κ2) is 11.8. The Hall–Kier alpha value is -6.58. The van der Waals surface area contributed by atoms with Crippen LogP contribution in [-0.2, 0) is 5.41 Å². The second-order valence-electron chi connectivity index (χ2n) is 14.2. The minimum absolute atomic E-state index is 0.0896. The van der Waals surface area contributed by atoms with Crippen LogP contribution in [0.1, 0.15) is 25.0 Å². The van der Waals surface area contributed by atoms with Gasteiger partial charge >= 0.3 is 0 Å². The molecule has 0 saturated carbocycles. The molecule has 0 saturated heterocycles. The summed E-state index contributed by atoms with van der Waals surface area (Å²) in [4.78, 5) is 13.1. The van der Waals surface area contributed by atoms with Crippen molar-refractivity contribution in [3.05, 3.63) is 187 Å². The van der Waals surface area contributed by atoms with Gasteiger partial charge in [0.05, 0.1) is 22.4 Å². The van der Waals surface area contributed by atoms with Crippen molar-refractivity contribution < 1.29 is 0 Å². The van der Waals surface area contributed by atoms with E-state index in [1.807, 2.05) is 12.1 Å². The van der Waals surface area contributed by atoms with Crippen LogP contribution in [0, 0.1) is 0 Å². The van der Waals surface area contributed by atoms with E-state index in [1.165, 1.54) is 22.3 Å². The molecule has 1 aliphatic rings. The summed E-state index contributed by atoms with van der Waals surface area (Å²) in [6.45, 7) is 4.68. The first-order chi connectivity index (χ1) is 25.5. The minimum atomic E-state index is -0.0896. The molecule has 0 N–H and O–H groups in total. The Labute approximate surface area is 303 Å². The fourth-order valence-corrected chi connectivity index (χ4v) is 8.24. The highest BCUT2D eigenvalue weighted by molar-refractivity contribution is 6.19. The Morgan fingerprint density at radius 3 is 1.77 bits per heavy atom. The first-order valence-corrected chi connectivity index (χ1v) is 17.9. The monoisotopic (exact) mass is 665 g/mol. The number of anilines is 3. The van der Waals surface area contributed by atoms with Crippen molar-refractivity contribution >= 4 is 49.6 Å². The molecule has 0 radical (unpaired) electrons. The van der Waals surface area contributed by atoms with Crippen LogP contribution in [0.5, 0.6) is 0 Å². The molecular formula is C49H35N3. The Balaban J connectivity index is 1.17. The molecule has 0 fully saturated rings. The molecule has 52 heavy (non-hydrogen) atoms. The van der Waals surface area contributed by atoms with Crippen molar-refractivity contribution in [2.75, 3.05) is 4.90 Å². The van der Waals surface area contributed by atoms with Gasteiger partial charge in [-0.15, -0.1) is 0 Å².